The van der Waals surface area contributed by atoms with Gasteiger partial charge in [-0.05, 0) is 38.0 Å². The maximum Gasteiger partial charge on any atom is 0.411 e. The van der Waals surface area contributed by atoms with E-state index in [9.17, 15) is 4.79 Å². The molecule has 2 heterocycles. The Balaban J connectivity index is 1.35. The first-order valence-corrected chi connectivity index (χ1v) is 12.1. The van der Waals surface area contributed by atoms with Crippen LogP contribution in [0.4, 0.5) is 22.1 Å². The van der Waals surface area contributed by atoms with Crippen LogP contribution in [0.3, 0.4) is 0 Å². The van der Waals surface area contributed by atoms with Crippen molar-refractivity contribution in [1.29, 1.82) is 0 Å². The van der Waals surface area contributed by atoms with Gasteiger partial charge in [-0.1, -0.05) is 47.5 Å². The number of anilines is 3. The quantitative estimate of drug-likeness (QED) is 0.259. The number of amides is 1. The predicted octanol–water partition coefficient (Wildman–Crippen LogP) is 4.56. The van der Waals surface area contributed by atoms with E-state index in [1.807, 2.05) is 62.4 Å². The van der Waals surface area contributed by atoms with Gasteiger partial charge in [0.25, 0.3) is 0 Å². The largest absolute Gasteiger partial charge is 0.449 e. The van der Waals surface area contributed by atoms with Gasteiger partial charge in [0.15, 0.2) is 5.82 Å². The molecule has 3 aromatic rings. The molecule has 1 aliphatic rings. The molecule has 2 N–H and O–H groups in total. The van der Waals surface area contributed by atoms with Crippen LogP contribution < -0.4 is 15.6 Å². The molecule has 36 heavy (non-hydrogen) atoms. The molecule has 0 unspecified atom stereocenters. The first-order chi connectivity index (χ1) is 17.5. The number of hydrogen-bond acceptors (Lipinski definition) is 8. The number of hydrazone groups is 1. The molecule has 1 saturated heterocycles. The first-order valence-electron chi connectivity index (χ1n) is 12.1. The third-order valence-corrected chi connectivity index (χ3v) is 5.60. The van der Waals surface area contributed by atoms with Crippen molar-refractivity contribution in [3.05, 3.63) is 77.1 Å². The summed E-state index contributed by atoms with van der Waals surface area (Å²) in [6, 6.07) is 17.6. The SMILES string of the molecule is Cc1ccc(NC(=O)OCCCc2nc(NN=Cc3cccc(C)c3)cc(N3CCOCC3)n2)cc1. The lowest BCUT2D eigenvalue weighted by atomic mass is 10.2. The minimum atomic E-state index is -0.477. The van der Waals surface area contributed by atoms with Crippen LogP contribution in [0.1, 0.15) is 28.9 Å². The van der Waals surface area contributed by atoms with E-state index >= 15 is 0 Å². The molecule has 4 rings (SSSR count). The second-order valence-electron chi connectivity index (χ2n) is 8.64. The maximum atomic E-state index is 12.1. The number of benzene rings is 2. The molecule has 1 aliphatic heterocycles. The molecule has 0 saturated carbocycles. The molecule has 9 heteroatoms. The molecule has 1 fully saturated rings. The summed E-state index contributed by atoms with van der Waals surface area (Å²) in [6.45, 7) is 7.17. The molecule has 0 aliphatic carbocycles. The van der Waals surface area contributed by atoms with Gasteiger partial charge in [-0.15, -0.1) is 0 Å². The van der Waals surface area contributed by atoms with Crippen LogP contribution >= 0.6 is 0 Å². The number of rotatable bonds is 9. The molecule has 9 nitrogen and oxygen atoms in total. The number of nitrogens with zero attached hydrogens (tertiary/aromatic N) is 4. The van der Waals surface area contributed by atoms with Gasteiger partial charge in [-0.25, -0.2) is 14.8 Å². The van der Waals surface area contributed by atoms with E-state index in [2.05, 4.69) is 31.8 Å². The smallest absolute Gasteiger partial charge is 0.411 e. The highest BCUT2D eigenvalue weighted by Crippen LogP contribution is 2.18. The number of aromatic nitrogens is 2. The number of nitrogens with one attached hydrogen (secondary N) is 2. The van der Waals surface area contributed by atoms with Crippen molar-refractivity contribution < 1.29 is 14.3 Å². The summed E-state index contributed by atoms with van der Waals surface area (Å²) in [6.07, 6.45) is 2.45. The lowest BCUT2D eigenvalue weighted by Gasteiger charge is -2.28. The summed E-state index contributed by atoms with van der Waals surface area (Å²) in [4.78, 5) is 23.6. The summed E-state index contributed by atoms with van der Waals surface area (Å²) in [5.74, 6) is 2.10. The molecule has 0 bridgehead atoms. The van der Waals surface area contributed by atoms with E-state index in [1.54, 1.807) is 6.21 Å². The lowest BCUT2D eigenvalue weighted by molar-refractivity contribution is 0.122. The van der Waals surface area contributed by atoms with Crippen molar-refractivity contribution in [3.63, 3.8) is 0 Å². The first kappa shape index (κ1) is 25.1. The Kier molecular flexibility index (Phi) is 8.82. The summed E-state index contributed by atoms with van der Waals surface area (Å²) >= 11 is 0. The Hall–Kier alpha value is -3.98. The molecule has 1 aromatic heterocycles. The standard InChI is InChI=1S/C27H32N6O3/c1-20-8-10-23(11-9-20)29-27(34)36-14-4-7-24-30-25(18-26(31-24)33-12-15-35-16-13-33)32-28-19-22-6-3-5-21(2)17-22/h3,5-6,8-11,17-19H,4,7,12-16H2,1-2H3,(H,29,34)(H,30,31,32). The van der Waals surface area contributed by atoms with Gasteiger partial charge in [0.1, 0.15) is 11.6 Å². The monoisotopic (exact) mass is 488 g/mol. The minimum absolute atomic E-state index is 0.261. The predicted molar refractivity (Wildman–Crippen MR) is 142 cm³/mol. The Labute approximate surface area is 211 Å². The van der Waals surface area contributed by atoms with E-state index in [0.29, 0.717) is 43.4 Å². The average molecular weight is 489 g/mol. The number of carbonyl (C=O) groups excluding carboxylic acids is 1. The van der Waals surface area contributed by atoms with Gasteiger partial charge in [0, 0.05) is 31.3 Å². The van der Waals surface area contributed by atoms with Crippen LogP contribution in [0, 0.1) is 13.8 Å². The molecule has 1 amide bonds. The van der Waals surface area contributed by atoms with Gasteiger partial charge >= 0.3 is 6.09 Å². The Morgan fingerprint density at radius 2 is 1.89 bits per heavy atom. The number of hydrogen-bond donors (Lipinski definition) is 2. The molecule has 188 valence electrons. The zero-order valence-electron chi connectivity index (χ0n) is 20.7. The summed E-state index contributed by atoms with van der Waals surface area (Å²) in [5.41, 5.74) is 7.05. The third kappa shape index (κ3) is 7.78. The van der Waals surface area contributed by atoms with Crippen LogP contribution in [-0.4, -0.2) is 55.2 Å². The van der Waals surface area contributed by atoms with Crippen LogP contribution in [-0.2, 0) is 15.9 Å². The highest BCUT2D eigenvalue weighted by atomic mass is 16.5. The van der Waals surface area contributed by atoms with E-state index in [-0.39, 0.29) is 6.61 Å². The van der Waals surface area contributed by atoms with Crippen molar-refractivity contribution in [2.75, 3.05) is 48.6 Å². The molecule has 0 atom stereocenters. The van der Waals surface area contributed by atoms with Crippen LogP contribution in [0.5, 0.6) is 0 Å². The number of ether oxygens (including phenoxy) is 2. The fourth-order valence-corrected chi connectivity index (χ4v) is 3.72. The second-order valence-corrected chi connectivity index (χ2v) is 8.64. The van der Waals surface area contributed by atoms with Crippen LogP contribution in [0.15, 0.2) is 59.7 Å². The van der Waals surface area contributed by atoms with E-state index in [1.165, 1.54) is 5.56 Å². The van der Waals surface area contributed by atoms with Gasteiger partial charge < -0.3 is 14.4 Å². The zero-order chi connectivity index (χ0) is 25.2. The lowest BCUT2D eigenvalue weighted by Crippen LogP contribution is -2.37. The Bertz CT molecular complexity index is 1180. The van der Waals surface area contributed by atoms with Crippen molar-refractivity contribution in [3.8, 4) is 0 Å². The fourth-order valence-electron chi connectivity index (χ4n) is 3.72. The molecule has 2 aromatic carbocycles. The summed E-state index contributed by atoms with van der Waals surface area (Å²) in [7, 11) is 0. The van der Waals surface area contributed by atoms with Gasteiger partial charge in [0.2, 0.25) is 0 Å². The topological polar surface area (TPSA) is 101 Å². The van der Waals surface area contributed by atoms with E-state index < -0.39 is 6.09 Å². The average Bonchev–Trinajstić information content (AvgIpc) is 2.88. The fraction of sp³-hybridized carbons (Fsp3) is 0.333. The zero-order valence-corrected chi connectivity index (χ0v) is 20.7. The van der Waals surface area contributed by atoms with E-state index in [0.717, 1.165) is 30.0 Å². The van der Waals surface area contributed by atoms with Crippen molar-refractivity contribution in [2.24, 2.45) is 5.10 Å². The highest BCUT2D eigenvalue weighted by Gasteiger charge is 2.15. The van der Waals surface area contributed by atoms with Gasteiger partial charge in [-0.3, -0.25) is 10.7 Å². The maximum absolute atomic E-state index is 12.1. The number of carbonyl (C=O) groups is 1. The summed E-state index contributed by atoms with van der Waals surface area (Å²) < 4.78 is 10.8. The number of aryl methyl sites for hydroxylation is 3. The van der Waals surface area contributed by atoms with Gasteiger partial charge in [-0.2, -0.15) is 5.10 Å². The second kappa shape index (κ2) is 12.6. The summed E-state index contributed by atoms with van der Waals surface area (Å²) in [5, 5.41) is 7.09. The van der Waals surface area contributed by atoms with Crippen molar-refractivity contribution in [1.82, 2.24) is 9.97 Å². The normalized spacial score (nSPS) is 13.6. The third-order valence-electron chi connectivity index (χ3n) is 5.60. The van der Waals surface area contributed by atoms with Crippen LogP contribution in [0.2, 0.25) is 0 Å². The molecular weight excluding hydrogens is 456 g/mol. The minimum Gasteiger partial charge on any atom is -0.449 e. The molecule has 0 spiro atoms. The van der Waals surface area contributed by atoms with Crippen molar-refractivity contribution in [2.45, 2.75) is 26.7 Å². The highest BCUT2D eigenvalue weighted by molar-refractivity contribution is 5.84. The molecular formula is C27H32N6O3. The Morgan fingerprint density at radius 3 is 2.67 bits per heavy atom. The Morgan fingerprint density at radius 1 is 1.08 bits per heavy atom. The van der Waals surface area contributed by atoms with Crippen molar-refractivity contribution >= 4 is 29.6 Å². The van der Waals surface area contributed by atoms with E-state index in [4.69, 9.17) is 14.5 Å². The van der Waals surface area contributed by atoms with Gasteiger partial charge in [0.05, 0.1) is 26.0 Å². The molecule has 0 radical (unpaired) electrons. The number of morpholine rings is 1. The van der Waals surface area contributed by atoms with Crippen LogP contribution in [0.25, 0.3) is 0 Å².